The smallest absolute Gasteiger partial charge is 0.251 e. The zero-order chi connectivity index (χ0) is 15.1. The van der Waals surface area contributed by atoms with Gasteiger partial charge in [0.1, 0.15) is 0 Å². The summed E-state index contributed by atoms with van der Waals surface area (Å²) in [4.78, 5) is 12.5. The number of carbonyl (C=O) groups excluding carboxylic acids is 1. The summed E-state index contributed by atoms with van der Waals surface area (Å²) in [5, 5.41) is 6.31. The zero-order valence-corrected chi connectivity index (χ0v) is 13.4. The Balaban J connectivity index is 1.96. The van der Waals surface area contributed by atoms with Crippen molar-refractivity contribution >= 4 is 5.91 Å². The molecule has 0 radical (unpaired) electrons. The highest BCUT2D eigenvalue weighted by Crippen LogP contribution is 2.34. The largest absolute Gasteiger partial charge is 0.351 e. The Hall–Kier alpha value is -1.35. The average Bonchev–Trinajstić information content (AvgIpc) is 2.52. The molecule has 0 atom stereocenters. The number of amides is 1. The van der Waals surface area contributed by atoms with Crippen molar-refractivity contribution in [3.8, 4) is 0 Å². The van der Waals surface area contributed by atoms with Gasteiger partial charge in [0.05, 0.1) is 0 Å². The lowest BCUT2D eigenvalue weighted by atomic mass is 9.75. The van der Waals surface area contributed by atoms with Gasteiger partial charge in [-0.05, 0) is 49.9 Å². The SMILES string of the molecule is CNCCc1ccccc1C(=O)NCC1(C)CCCCC1. The molecule has 1 aliphatic carbocycles. The van der Waals surface area contributed by atoms with Crippen molar-refractivity contribution < 1.29 is 4.79 Å². The van der Waals surface area contributed by atoms with Crippen molar-refractivity contribution in [2.75, 3.05) is 20.1 Å². The molecule has 0 bridgehead atoms. The molecule has 0 aromatic heterocycles. The van der Waals surface area contributed by atoms with Crippen molar-refractivity contribution in [3.05, 3.63) is 35.4 Å². The first-order valence-corrected chi connectivity index (χ1v) is 8.15. The summed E-state index contributed by atoms with van der Waals surface area (Å²) in [7, 11) is 1.94. The lowest BCUT2D eigenvalue weighted by molar-refractivity contribution is 0.0918. The van der Waals surface area contributed by atoms with E-state index >= 15 is 0 Å². The number of benzene rings is 1. The molecule has 3 nitrogen and oxygen atoms in total. The molecule has 116 valence electrons. The van der Waals surface area contributed by atoms with Gasteiger partial charge in [-0.15, -0.1) is 0 Å². The molecule has 1 saturated carbocycles. The van der Waals surface area contributed by atoms with Crippen molar-refractivity contribution in [2.24, 2.45) is 5.41 Å². The van der Waals surface area contributed by atoms with Crippen LogP contribution in [0.2, 0.25) is 0 Å². The van der Waals surface area contributed by atoms with Crippen LogP contribution in [0.25, 0.3) is 0 Å². The summed E-state index contributed by atoms with van der Waals surface area (Å²) >= 11 is 0. The molecule has 1 aromatic rings. The first kappa shape index (κ1) is 16.0. The van der Waals surface area contributed by atoms with Crippen molar-refractivity contribution in [1.82, 2.24) is 10.6 Å². The molecule has 1 amide bonds. The maximum atomic E-state index is 12.5. The van der Waals surface area contributed by atoms with Crippen molar-refractivity contribution in [3.63, 3.8) is 0 Å². The van der Waals surface area contributed by atoms with Gasteiger partial charge in [0.25, 0.3) is 5.91 Å². The van der Waals surface area contributed by atoms with Crippen LogP contribution in [0, 0.1) is 5.41 Å². The van der Waals surface area contributed by atoms with Gasteiger partial charge in [-0.2, -0.15) is 0 Å². The second-order valence-electron chi connectivity index (χ2n) is 6.56. The lowest BCUT2D eigenvalue weighted by Gasteiger charge is -2.33. The van der Waals surface area contributed by atoms with Crippen LogP contribution in [-0.4, -0.2) is 26.0 Å². The number of likely N-dealkylation sites (N-methyl/N-ethyl adjacent to an activating group) is 1. The third kappa shape index (κ3) is 4.57. The van der Waals surface area contributed by atoms with Crippen LogP contribution in [0.15, 0.2) is 24.3 Å². The Bertz CT molecular complexity index is 464. The fourth-order valence-electron chi connectivity index (χ4n) is 3.19. The minimum atomic E-state index is 0.0773. The average molecular weight is 288 g/mol. The summed E-state index contributed by atoms with van der Waals surface area (Å²) in [6, 6.07) is 7.93. The number of carbonyl (C=O) groups is 1. The third-order valence-corrected chi connectivity index (χ3v) is 4.64. The van der Waals surface area contributed by atoms with Crippen LogP contribution >= 0.6 is 0 Å². The van der Waals surface area contributed by atoms with Crippen LogP contribution in [0.3, 0.4) is 0 Å². The predicted molar refractivity (Wildman–Crippen MR) is 87.6 cm³/mol. The highest BCUT2D eigenvalue weighted by Gasteiger charge is 2.27. The summed E-state index contributed by atoms with van der Waals surface area (Å²) in [5.74, 6) is 0.0773. The highest BCUT2D eigenvalue weighted by molar-refractivity contribution is 5.95. The normalized spacial score (nSPS) is 17.4. The van der Waals surface area contributed by atoms with Crippen molar-refractivity contribution in [2.45, 2.75) is 45.4 Å². The highest BCUT2D eigenvalue weighted by atomic mass is 16.1. The van der Waals surface area contributed by atoms with Gasteiger partial charge in [0, 0.05) is 12.1 Å². The Labute approximate surface area is 128 Å². The summed E-state index contributed by atoms with van der Waals surface area (Å²) in [5.41, 5.74) is 2.23. The van der Waals surface area contributed by atoms with E-state index in [0.29, 0.717) is 0 Å². The number of rotatable bonds is 6. The molecule has 0 spiro atoms. The van der Waals surface area contributed by atoms with E-state index in [1.807, 2.05) is 25.2 Å². The van der Waals surface area contributed by atoms with Crippen LogP contribution in [-0.2, 0) is 6.42 Å². The first-order valence-electron chi connectivity index (χ1n) is 8.15. The monoisotopic (exact) mass is 288 g/mol. The number of hydrogen-bond donors (Lipinski definition) is 2. The van der Waals surface area contributed by atoms with Crippen molar-refractivity contribution in [1.29, 1.82) is 0 Å². The number of hydrogen-bond acceptors (Lipinski definition) is 2. The molecule has 1 aliphatic rings. The van der Waals surface area contributed by atoms with Crippen LogP contribution in [0.5, 0.6) is 0 Å². The molecule has 0 aliphatic heterocycles. The molecular weight excluding hydrogens is 260 g/mol. The maximum Gasteiger partial charge on any atom is 0.251 e. The second-order valence-corrected chi connectivity index (χ2v) is 6.56. The van der Waals surface area contributed by atoms with Crippen LogP contribution in [0.4, 0.5) is 0 Å². The molecule has 0 saturated heterocycles. The number of nitrogens with one attached hydrogen (secondary N) is 2. The topological polar surface area (TPSA) is 41.1 Å². The van der Waals surface area contributed by atoms with Gasteiger partial charge in [-0.25, -0.2) is 0 Å². The molecular formula is C18H28N2O. The molecule has 1 aromatic carbocycles. The van der Waals surface area contributed by atoms with Gasteiger partial charge in [-0.1, -0.05) is 44.4 Å². The molecule has 3 heteroatoms. The quantitative estimate of drug-likeness (QED) is 0.844. The minimum Gasteiger partial charge on any atom is -0.351 e. The molecule has 0 unspecified atom stereocenters. The Morgan fingerprint density at radius 3 is 2.62 bits per heavy atom. The second kappa shape index (κ2) is 7.60. The van der Waals surface area contributed by atoms with E-state index < -0.39 is 0 Å². The van der Waals surface area contributed by atoms with E-state index in [2.05, 4.69) is 23.6 Å². The Morgan fingerprint density at radius 1 is 1.19 bits per heavy atom. The van der Waals surface area contributed by atoms with Gasteiger partial charge in [-0.3, -0.25) is 4.79 Å². The summed E-state index contributed by atoms with van der Waals surface area (Å²) < 4.78 is 0. The molecule has 21 heavy (non-hydrogen) atoms. The van der Waals surface area contributed by atoms with E-state index in [0.717, 1.165) is 30.6 Å². The van der Waals surface area contributed by atoms with Gasteiger partial charge in [0.15, 0.2) is 0 Å². The fourth-order valence-corrected chi connectivity index (χ4v) is 3.19. The molecule has 2 rings (SSSR count). The minimum absolute atomic E-state index is 0.0773. The van der Waals surface area contributed by atoms with E-state index in [1.54, 1.807) is 0 Å². The molecule has 2 N–H and O–H groups in total. The lowest BCUT2D eigenvalue weighted by Crippen LogP contribution is -2.37. The van der Waals surface area contributed by atoms with E-state index in [1.165, 1.54) is 32.1 Å². The standard InChI is InChI=1S/C18H28N2O/c1-18(11-6-3-7-12-18)14-20-17(21)16-9-5-4-8-15(16)10-13-19-2/h4-5,8-9,19H,3,6-7,10-14H2,1-2H3,(H,20,21). The molecule has 1 fully saturated rings. The van der Waals surface area contributed by atoms with Gasteiger partial charge in [0.2, 0.25) is 0 Å². The summed E-state index contributed by atoms with van der Waals surface area (Å²) in [6.45, 7) is 3.99. The summed E-state index contributed by atoms with van der Waals surface area (Å²) in [6.07, 6.45) is 7.29. The Morgan fingerprint density at radius 2 is 1.90 bits per heavy atom. The molecule has 0 heterocycles. The third-order valence-electron chi connectivity index (χ3n) is 4.64. The van der Waals surface area contributed by atoms with Crippen LogP contribution < -0.4 is 10.6 Å². The Kier molecular flexibility index (Phi) is 5.80. The van der Waals surface area contributed by atoms with E-state index in [9.17, 15) is 4.79 Å². The first-order chi connectivity index (χ1) is 10.1. The van der Waals surface area contributed by atoms with E-state index in [-0.39, 0.29) is 11.3 Å². The van der Waals surface area contributed by atoms with E-state index in [4.69, 9.17) is 0 Å². The fraction of sp³-hybridized carbons (Fsp3) is 0.611. The predicted octanol–water partition coefficient (Wildman–Crippen LogP) is 3.15. The van der Waals surface area contributed by atoms with Crippen LogP contribution in [0.1, 0.15) is 54.9 Å². The zero-order valence-electron chi connectivity index (χ0n) is 13.4. The van der Waals surface area contributed by atoms with Gasteiger partial charge >= 0.3 is 0 Å². The van der Waals surface area contributed by atoms with Gasteiger partial charge < -0.3 is 10.6 Å². The maximum absolute atomic E-state index is 12.5.